The fraction of sp³-hybridized carbons (Fsp3) is 0.600. The summed E-state index contributed by atoms with van der Waals surface area (Å²) in [6.45, 7) is 5.96. The van der Waals surface area contributed by atoms with Crippen LogP contribution in [-0.4, -0.2) is 20.9 Å². The largest absolute Gasteiger partial charge is 0.478 e. The third kappa shape index (κ3) is 1.78. The zero-order valence-corrected chi connectivity index (χ0v) is 8.82. The highest BCUT2D eigenvalue weighted by molar-refractivity contribution is 5.88. The van der Waals surface area contributed by atoms with E-state index in [4.69, 9.17) is 5.11 Å². The van der Waals surface area contributed by atoms with Crippen molar-refractivity contribution in [3.05, 3.63) is 17.5 Å². The second-order valence-corrected chi connectivity index (χ2v) is 3.36. The average Bonchev–Trinajstić information content (AvgIpc) is 2.51. The SMILES string of the molecule is CCC(CC)n1ncc(C(=O)O)c1C. The lowest BCUT2D eigenvalue weighted by molar-refractivity contribution is 0.0696. The van der Waals surface area contributed by atoms with E-state index in [0.717, 1.165) is 18.5 Å². The Bertz CT molecular complexity index is 327. The van der Waals surface area contributed by atoms with Gasteiger partial charge < -0.3 is 5.11 Å². The Morgan fingerprint density at radius 1 is 1.57 bits per heavy atom. The van der Waals surface area contributed by atoms with Crippen molar-refractivity contribution in [3.63, 3.8) is 0 Å². The van der Waals surface area contributed by atoms with Gasteiger partial charge in [0.1, 0.15) is 5.56 Å². The maximum Gasteiger partial charge on any atom is 0.339 e. The lowest BCUT2D eigenvalue weighted by atomic mass is 10.1. The molecule has 1 N–H and O–H groups in total. The molecule has 78 valence electrons. The fourth-order valence-corrected chi connectivity index (χ4v) is 1.64. The highest BCUT2D eigenvalue weighted by Crippen LogP contribution is 2.18. The molecule has 0 radical (unpaired) electrons. The minimum absolute atomic E-state index is 0.303. The van der Waals surface area contributed by atoms with Crippen LogP contribution in [-0.2, 0) is 0 Å². The highest BCUT2D eigenvalue weighted by atomic mass is 16.4. The van der Waals surface area contributed by atoms with Gasteiger partial charge in [-0.25, -0.2) is 4.79 Å². The molecule has 0 bridgehead atoms. The second-order valence-electron chi connectivity index (χ2n) is 3.36. The third-order valence-electron chi connectivity index (χ3n) is 2.56. The molecule has 14 heavy (non-hydrogen) atoms. The molecule has 0 aromatic carbocycles. The molecule has 0 atom stereocenters. The Hall–Kier alpha value is -1.32. The van der Waals surface area contributed by atoms with E-state index in [2.05, 4.69) is 18.9 Å². The van der Waals surface area contributed by atoms with Gasteiger partial charge in [-0.05, 0) is 19.8 Å². The summed E-state index contributed by atoms with van der Waals surface area (Å²) in [5.74, 6) is -0.903. The monoisotopic (exact) mass is 196 g/mol. The Morgan fingerprint density at radius 3 is 2.50 bits per heavy atom. The maximum atomic E-state index is 10.8. The van der Waals surface area contributed by atoms with Crippen molar-refractivity contribution >= 4 is 5.97 Å². The van der Waals surface area contributed by atoms with Crippen LogP contribution in [0.3, 0.4) is 0 Å². The summed E-state index contributed by atoms with van der Waals surface area (Å²) >= 11 is 0. The molecule has 0 amide bonds. The van der Waals surface area contributed by atoms with Crippen molar-refractivity contribution in [2.45, 2.75) is 39.7 Å². The van der Waals surface area contributed by atoms with E-state index in [1.807, 2.05) is 4.68 Å². The quantitative estimate of drug-likeness (QED) is 0.803. The van der Waals surface area contributed by atoms with Crippen LogP contribution in [0.5, 0.6) is 0 Å². The first-order chi connectivity index (χ1) is 6.61. The molecule has 0 aliphatic heterocycles. The molecule has 0 aliphatic carbocycles. The molecular weight excluding hydrogens is 180 g/mol. The molecule has 4 heteroatoms. The predicted octanol–water partition coefficient (Wildman–Crippen LogP) is 2.25. The molecule has 1 aromatic heterocycles. The normalized spacial score (nSPS) is 10.9. The van der Waals surface area contributed by atoms with E-state index in [-0.39, 0.29) is 0 Å². The van der Waals surface area contributed by atoms with E-state index in [1.165, 1.54) is 6.20 Å². The van der Waals surface area contributed by atoms with Crippen molar-refractivity contribution in [3.8, 4) is 0 Å². The summed E-state index contributed by atoms with van der Waals surface area (Å²) in [6.07, 6.45) is 3.37. The van der Waals surface area contributed by atoms with Crippen LogP contribution in [0.2, 0.25) is 0 Å². The fourth-order valence-electron chi connectivity index (χ4n) is 1.64. The van der Waals surface area contributed by atoms with Gasteiger partial charge in [0.05, 0.1) is 17.9 Å². The summed E-state index contributed by atoms with van der Waals surface area (Å²) in [5.41, 5.74) is 1.04. The number of hydrogen-bond donors (Lipinski definition) is 1. The maximum absolute atomic E-state index is 10.8. The van der Waals surface area contributed by atoms with E-state index >= 15 is 0 Å². The zero-order valence-electron chi connectivity index (χ0n) is 8.82. The summed E-state index contributed by atoms with van der Waals surface area (Å²) in [6, 6.07) is 0.308. The molecule has 0 aliphatic rings. The summed E-state index contributed by atoms with van der Waals surface area (Å²) in [4.78, 5) is 10.8. The standard InChI is InChI=1S/C10H16N2O2/c1-4-8(5-2)12-7(3)9(6-11-12)10(13)14/h6,8H,4-5H2,1-3H3,(H,13,14). The molecule has 0 saturated carbocycles. The molecule has 1 heterocycles. The van der Waals surface area contributed by atoms with Crippen molar-refractivity contribution in [2.24, 2.45) is 0 Å². The minimum Gasteiger partial charge on any atom is -0.478 e. The van der Waals surface area contributed by atoms with Gasteiger partial charge in [0.2, 0.25) is 0 Å². The Balaban J connectivity index is 3.05. The Morgan fingerprint density at radius 2 is 2.14 bits per heavy atom. The summed E-state index contributed by atoms with van der Waals surface area (Å²) in [5, 5.41) is 13.0. The highest BCUT2D eigenvalue weighted by Gasteiger charge is 2.16. The van der Waals surface area contributed by atoms with Gasteiger partial charge in [0, 0.05) is 0 Å². The first-order valence-electron chi connectivity index (χ1n) is 4.89. The summed E-state index contributed by atoms with van der Waals surface area (Å²) in [7, 11) is 0. The first kappa shape index (κ1) is 10.8. The number of aromatic nitrogens is 2. The van der Waals surface area contributed by atoms with Gasteiger partial charge in [-0.1, -0.05) is 13.8 Å². The predicted molar refractivity (Wildman–Crippen MR) is 53.5 cm³/mol. The molecule has 4 nitrogen and oxygen atoms in total. The molecule has 0 unspecified atom stereocenters. The molecule has 1 aromatic rings. The van der Waals surface area contributed by atoms with Crippen molar-refractivity contribution in [1.29, 1.82) is 0 Å². The van der Waals surface area contributed by atoms with Crippen LogP contribution in [0, 0.1) is 6.92 Å². The van der Waals surface area contributed by atoms with Crippen LogP contribution in [0.1, 0.15) is 48.8 Å². The van der Waals surface area contributed by atoms with E-state index in [1.54, 1.807) is 6.92 Å². The molecular formula is C10H16N2O2. The summed E-state index contributed by atoms with van der Waals surface area (Å²) < 4.78 is 1.81. The van der Waals surface area contributed by atoms with E-state index < -0.39 is 5.97 Å². The van der Waals surface area contributed by atoms with Crippen molar-refractivity contribution < 1.29 is 9.90 Å². The number of carbonyl (C=O) groups is 1. The Kier molecular flexibility index (Phi) is 3.28. The van der Waals surface area contributed by atoms with E-state index in [0.29, 0.717) is 11.6 Å². The minimum atomic E-state index is -0.903. The number of carboxylic acids is 1. The second kappa shape index (κ2) is 4.26. The molecule has 0 saturated heterocycles. The third-order valence-corrected chi connectivity index (χ3v) is 2.56. The molecule has 1 rings (SSSR count). The lowest BCUT2D eigenvalue weighted by Gasteiger charge is -2.14. The number of hydrogen-bond acceptors (Lipinski definition) is 2. The number of aromatic carboxylic acids is 1. The van der Waals surface area contributed by atoms with Crippen LogP contribution in [0.4, 0.5) is 0 Å². The van der Waals surface area contributed by atoms with Crippen molar-refractivity contribution in [2.75, 3.05) is 0 Å². The molecule has 0 spiro atoms. The van der Waals surface area contributed by atoms with E-state index in [9.17, 15) is 4.79 Å². The average molecular weight is 196 g/mol. The Labute approximate surface area is 83.5 Å². The first-order valence-corrected chi connectivity index (χ1v) is 4.89. The zero-order chi connectivity index (χ0) is 10.7. The number of carboxylic acid groups (broad SMARTS) is 1. The topological polar surface area (TPSA) is 55.1 Å². The van der Waals surface area contributed by atoms with Crippen LogP contribution in [0.15, 0.2) is 6.20 Å². The van der Waals surface area contributed by atoms with Gasteiger partial charge >= 0.3 is 5.97 Å². The van der Waals surface area contributed by atoms with Crippen LogP contribution >= 0.6 is 0 Å². The van der Waals surface area contributed by atoms with Gasteiger partial charge in [0.15, 0.2) is 0 Å². The van der Waals surface area contributed by atoms with Gasteiger partial charge in [0.25, 0.3) is 0 Å². The van der Waals surface area contributed by atoms with Gasteiger partial charge in [-0.3, -0.25) is 4.68 Å². The van der Waals surface area contributed by atoms with Crippen molar-refractivity contribution in [1.82, 2.24) is 9.78 Å². The van der Waals surface area contributed by atoms with Gasteiger partial charge in [-0.15, -0.1) is 0 Å². The number of rotatable bonds is 4. The lowest BCUT2D eigenvalue weighted by Crippen LogP contribution is -2.11. The number of nitrogens with zero attached hydrogens (tertiary/aromatic N) is 2. The van der Waals surface area contributed by atoms with Crippen LogP contribution < -0.4 is 0 Å². The van der Waals surface area contributed by atoms with Crippen LogP contribution in [0.25, 0.3) is 0 Å². The van der Waals surface area contributed by atoms with Gasteiger partial charge in [-0.2, -0.15) is 5.10 Å². The smallest absolute Gasteiger partial charge is 0.339 e. The molecule has 0 fully saturated rings.